The van der Waals surface area contributed by atoms with Gasteiger partial charge >= 0.3 is 0 Å². The molecule has 0 aliphatic rings. The number of nitrogen functional groups attached to an aromatic ring is 1. The second-order valence-electron chi connectivity index (χ2n) is 5.12. The van der Waals surface area contributed by atoms with Crippen LogP contribution in [-0.4, -0.2) is 15.0 Å². The number of anilines is 1. The molecule has 0 aliphatic heterocycles. The zero-order chi connectivity index (χ0) is 17.6. The first-order valence-corrected chi connectivity index (χ1v) is 7.72. The summed E-state index contributed by atoms with van der Waals surface area (Å²) in [6.07, 6.45) is 3.34. The molecular weight excluding hydrogens is 312 g/mol. The maximum Gasteiger partial charge on any atom is 0.143 e. The quantitative estimate of drug-likeness (QED) is 0.529. The monoisotopic (exact) mass is 330 g/mol. The van der Waals surface area contributed by atoms with Crippen molar-refractivity contribution < 1.29 is 4.74 Å². The summed E-state index contributed by atoms with van der Waals surface area (Å²) >= 11 is 0. The van der Waals surface area contributed by atoms with Gasteiger partial charge in [-0.2, -0.15) is 0 Å². The minimum atomic E-state index is 0.468. The number of H-pyrrole nitrogens is 1. The van der Waals surface area contributed by atoms with Crippen molar-refractivity contribution in [3.8, 4) is 22.6 Å². The van der Waals surface area contributed by atoms with Crippen molar-refractivity contribution in [3.63, 3.8) is 0 Å². The number of benzene rings is 2. The third-order valence-electron chi connectivity index (χ3n) is 3.64. The lowest BCUT2D eigenvalue weighted by atomic mass is 10.1. The molecule has 4 rings (SSSR count). The molecule has 0 saturated heterocycles. The molecule has 2 aromatic carbocycles. The van der Waals surface area contributed by atoms with Gasteiger partial charge in [0, 0.05) is 11.8 Å². The molecule has 124 valence electrons. The van der Waals surface area contributed by atoms with E-state index >= 15 is 0 Å². The minimum Gasteiger partial charge on any atom is -0.457 e. The lowest BCUT2D eigenvalue weighted by Gasteiger charge is -2.06. The molecule has 4 aromatic rings. The Balaban J connectivity index is 0.000000880. The summed E-state index contributed by atoms with van der Waals surface area (Å²) in [6, 6.07) is 17.5. The summed E-state index contributed by atoms with van der Waals surface area (Å²) in [5.41, 5.74) is 8.71. The van der Waals surface area contributed by atoms with Gasteiger partial charge in [-0.15, -0.1) is 13.2 Å². The van der Waals surface area contributed by atoms with Crippen LogP contribution in [0.2, 0.25) is 0 Å². The van der Waals surface area contributed by atoms with Crippen molar-refractivity contribution >= 4 is 16.9 Å². The Morgan fingerprint density at radius 3 is 2.28 bits per heavy atom. The van der Waals surface area contributed by atoms with Crippen LogP contribution in [0, 0.1) is 0 Å². The van der Waals surface area contributed by atoms with Gasteiger partial charge in [-0.3, -0.25) is 0 Å². The van der Waals surface area contributed by atoms with E-state index in [1.54, 1.807) is 0 Å². The highest BCUT2D eigenvalue weighted by molar-refractivity contribution is 6.00. The predicted molar refractivity (Wildman–Crippen MR) is 102 cm³/mol. The van der Waals surface area contributed by atoms with Gasteiger partial charge in [0.2, 0.25) is 0 Å². The van der Waals surface area contributed by atoms with E-state index in [4.69, 9.17) is 10.5 Å². The molecule has 0 radical (unpaired) electrons. The first-order chi connectivity index (χ1) is 12.3. The fourth-order valence-corrected chi connectivity index (χ4v) is 2.54. The topological polar surface area (TPSA) is 76.8 Å². The Kier molecular flexibility index (Phi) is 4.76. The second kappa shape index (κ2) is 7.31. The smallest absolute Gasteiger partial charge is 0.143 e. The SMILES string of the molecule is C=C.Nc1ncnc2[nH]cc(-c3ccc(Oc4ccccc4)cc3)c12. The number of nitrogens with one attached hydrogen (secondary N) is 1. The van der Waals surface area contributed by atoms with Gasteiger partial charge in [-0.25, -0.2) is 9.97 Å². The van der Waals surface area contributed by atoms with E-state index in [9.17, 15) is 0 Å². The molecule has 5 heteroatoms. The van der Waals surface area contributed by atoms with Crippen molar-refractivity contribution in [2.75, 3.05) is 5.73 Å². The van der Waals surface area contributed by atoms with E-state index in [0.717, 1.165) is 33.7 Å². The van der Waals surface area contributed by atoms with Crippen LogP contribution in [0.15, 0.2) is 80.3 Å². The van der Waals surface area contributed by atoms with E-state index in [1.807, 2.05) is 60.8 Å². The number of hydrogen-bond acceptors (Lipinski definition) is 4. The summed E-state index contributed by atoms with van der Waals surface area (Å²) in [7, 11) is 0. The Morgan fingerprint density at radius 2 is 1.56 bits per heavy atom. The zero-order valence-electron chi connectivity index (χ0n) is 13.6. The van der Waals surface area contributed by atoms with Gasteiger partial charge in [0.15, 0.2) is 0 Å². The number of aromatic nitrogens is 3. The summed E-state index contributed by atoms with van der Waals surface area (Å²) in [5, 5.41) is 0.837. The Bertz CT molecular complexity index is 962. The maximum absolute atomic E-state index is 5.98. The van der Waals surface area contributed by atoms with Crippen LogP contribution in [0.3, 0.4) is 0 Å². The van der Waals surface area contributed by atoms with Gasteiger partial charge in [0.25, 0.3) is 0 Å². The first-order valence-electron chi connectivity index (χ1n) is 7.72. The molecular formula is C20H18N4O. The fraction of sp³-hybridized carbons (Fsp3) is 0. The molecule has 2 aromatic heterocycles. The zero-order valence-corrected chi connectivity index (χ0v) is 13.6. The van der Waals surface area contributed by atoms with Gasteiger partial charge in [0.1, 0.15) is 29.3 Å². The Labute approximate surface area is 145 Å². The predicted octanol–water partition coefficient (Wildman–Crippen LogP) is 4.80. The molecule has 25 heavy (non-hydrogen) atoms. The largest absolute Gasteiger partial charge is 0.457 e. The average molecular weight is 330 g/mol. The number of para-hydroxylation sites is 1. The van der Waals surface area contributed by atoms with Crippen molar-refractivity contribution in [2.45, 2.75) is 0 Å². The van der Waals surface area contributed by atoms with Crippen LogP contribution in [0.1, 0.15) is 0 Å². The molecule has 3 N–H and O–H groups in total. The number of nitrogens with two attached hydrogens (primary N) is 1. The maximum atomic E-state index is 5.98. The van der Waals surface area contributed by atoms with Crippen molar-refractivity contribution in [2.24, 2.45) is 0 Å². The van der Waals surface area contributed by atoms with Gasteiger partial charge in [-0.1, -0.05) is 30.3 Å². The number of aromatic amines is 1. The summed E-state index contributed by atoms with van der Waals surface area (Å²) < 4.78 is 5.80. The van der Waals surface area contributed by atoms with Crippen LogP contribution >= 0.6 is 0 Å². The number of nitrogens with zero attached hydrogens (tertiary/aromatic N) is 2. The standard InChI is InChI=1S/C18H14N4O.C2H4/c19-17-16-15(10-20-18(16)22-11-21-17)12-6-8-14(9-7-12)23-13-4-2-1-3-5-13;1-2/h1-11H,(H3,19,20,21,22);1-2H2. The lowest BCUT2D eigenvalue weighted by Crippen LogP contribution is -1.92. The van der Waals surface area contributed by atoms with Gasteiger partial charge in [-0.05, 0) is 29.8 Å². The third-order valence-corrected chi connectivity index (χ3v) is 3.64. The van der Waals surface area contributed by atoms with Gasteiger partial charge in [0.05, 0.1) is 5.39 Å². The highest BCUT2D eigenvalue weighted by Crippen LogP contribution is 2.32. The van der Waals surface area contributed by atoms with Crippen molar-refractivity contribution in [3.05, 3.63) is 80.3 Å². The molecule has 0 fully saturated rings. The lowest BCUT2D eigenvalue weighted by molar-refractivity contribution is 0.483. The molecule has 0 bridgehead atoms. The van der Waals surface area contributed by atoms with E-state index < -0.39 is 0 Å². The number of fused-ring (bicyclic) bond motifs is 1. The van der Waals surface area contributed by atoms with E-state index in [2.05, 4.69) is 28.1 Å². The summed E-state index contributed by atoms with van der Waals surface area (Å²) in [5.74, 6) is 2.06. The van der Waals surface area contributed by atoms with Crippen molar-refractivity contribution in [1.29, 1.82) is 0 Å². The normalized spacial score (nSPS) is 10.1. The molecule has 5 nitrogen and oxygen atoms in total. The van der Waals surface area contributed by atoms with Crippen LogP contribution in [0.5, 0.6) is 11.5 Å². The molecule has 0 amide bonds. The van der Waals surface area contributed by atoms with Crippen LogP contribution < -0.4 is 10.5 Å². The molecule has 0 unspecified atom stereocenters. The molecule has 0 atom stereocenters. The first kappa shape index (κ1) is 16.3. The minimum absolute atomic E-state index is 0.468. The van der Waals surface area contributed by atoms with E-state index in [1.165, 1.54) is 6.33 Å². The number of rotatable bonds is 3. The number of hydrogen-bond donors (Lipinski definition) is 2. The van der Waals surface area contributed by atoms with E-state index in [-0.39, 0.29) is 0 Å². The molecule has 0 aliphatic carbocycles. The molecule has 2 heterocycles. The van der Waals surface area contributed by atoms with Crippen LogP contribution in [0.25, 0.3) is 22.2 Å². The van der Waals surface area contributed by atoms with Crippen LogP contribution in [0.4, 0.5) is 5.82 Å². The second-order valence-corrected chi connectivity index (χ2v) is 5.12. The highest BCUT2D eigenvalue weighted by atomic mass is 16.5. The van der Waals surface area contributed by atoms with Crippen molar-refractivity contribution in [1.82, 2.24) is 15.0 Å². The summed E-state index contributed by atoms with van der Waals surface area (Å²) in [6.45, 7) is 6.00. The van der Waals surface area contributed by atoms with E-state index in [0.29, 0.717) is 5.82 Å². The molecule has 0 spiro atoms. The van der Waals surface area contributed by atoms with Gasteiger partial charge < -0.3 is 15.5 Å². The van der Waals surface area contributed by atoms with Crippen LogP contribution in [-0.2, 0) is 0 Å². The average Bonchev–Trinajstić information content (AvgIpc) is 3.10. The number of ether oxygens (including phenoxy) is 1. The summed E-state index contributed by atoms with van der Waals surface area (Å²) in [4.78, 5) is 11.4. The highest BCUT2D eigenvalue weighted by Gasteiger charge is 2.10. The fourth-order valence-electron chi connectivity index (χ4n) is 2.54. The molecule has 0 saturated carbocycles. The Morgan fingerprint density at radius 1 is 0.880 bits per heavy atom. The third kappa shape index (κ3) is 3.35. The Hall–Kier alpha value is -3.60.